The van der Waals surface area contributed by atoms with Gasteiger partial charge in [-0.2, -0.15) is 0 Å². The fraction of sp³-hybridized carbons (Fsp3) is 0.571. The van der Waals surface area contributed by atoms with Gasteiger partial charge in [0.25, 0.3) is 0 Å². The maximum absolute atomic E-state index is 12.3. The van der Waals surface area contributed by atoms with Crippen LogP contribution in [-0.4, -0.2) is 33.3 Å². The standard InChI is InChI=1S/C21H31O5P/c1-21(2,3)19-13-15(11-12-16(22)14-27(23,25-5)26-6)17-9-7-8-10-18(17)20(19)24-4/h11-13H,7-10,14H2,1-6H3. The molecule has 2 rings (SSSR count). The number of allylic oxidation sites excluding steroid dienone is 1. The average molecular weight is 394 g/mol. The number of fused-ring (bicyclic) bond motifs is 1. The highest BCUT2D eigenvalue weighted by Crippen LogP contribution is 2.46. The van der Waals surface area contributed by atoms with E-state index in [2.05, 4.69) is 26.8 Å². The molecule has 27 heavy (non-hydrogen) atoms. The molecule has 150 valence electrons. The van der Waals surface area contributed by atoms with Crippen LogP contribution in [0.4, 0.5) is 0 Å². The van der Waals surface area contributed by atoms with Crippen LogP contribution in [0.3, 0.4) is 0 Å². The molecule has 1 aliphatic carbocycles. The van der Waals surface area contributed by atoms with Crippen LogP contribution in [0.5, 0.6) is 5.75 Å². The van der Waals surface area contributed by atoms with Gasteiger partial charge in [0, 0.05) is 19.8 Å². The lowest BCUT2D eigenvalue weighted by molar-refractivity contribution is -0.112. The molecule has 0 N–H and O–H groups in total. The van der Waals surface area contributed by atoms with Crippen LogP contribution < -0.4 is 4.74 Å². The van der Waals surface area contributed by atoms with Gasteiger partial charge in [-0.25, -0.2) is 0 Å². The van der Waals surface area contributed by atoms with Gasteiger partial charge in [0.15, 0.2) is 5.78 Å². The normalized spacial score (nSPS) is 15.0. The van der Waals surface area contributed by atoms with E-state index in [9.17, 15) is 9.36 Å². The topological polar surface area (TPSA) is 61.8 Å². The first-order valence-corrected chi connectivity index (χ1v) is 11.0. The molecule has 0 radical (unpaired) electrons. The van der Waals surface area contributed by atoms with Crippen molar-refractivity contribution < 1.29 is 23.1 Å². The molecule has 5 nitrogen and oxygen atoms in total. The highest BCUT2D eigenvalue weighted by atomic mass is 31.2. The zero-order valence-electron chi connectivity index (χ0n) is 17.3. The summed E-state index contributed by atoms with van der Waals surface area (Å²) >= 11 is 0. The van der Waals surface area contributed by atoms with Gasteiger partial charge in [0.1, 0.15) is 11.9 Å². The van der Waals surface area contributed by atoms with Crippen LogP contribution in [0, 0.1) is 0 Å². The molecule has 0 unspecified atom stereocenters. The number of carbonyl (C=O) groups excluding carboxylic acids is 1. The Morgan fingerprint density at radius 2 is 1.70 bits per heavy atom. The number of benzene rings is 1. The van der Waals surface area contributed by atoms with E-state index in [4.69, 9.17) is 13.8 Å². The van der Waals surface area contributed by atoms with E-state index < -0.39 is 7.60 Å². The Morgan fingerprint density at radius 3 is 2.22 bits per heavy atom. The Balaban J connectivity index is 2.44. The molecule has 0 atom stereocenters. The second kappa shape index (κ2) is 8.72. The Kier molecular flexibility index (Phi) is 7.07. The van der Waals surface area contributed by atoms with E-state index >= 15 is 0 Å². The number of hydrogen-bond donors (Lipinski definition) is 0. The van der Waals surface area contributed by atoms with Crippen molar-refractivity contribution in [2.24, 2.45) is 0 Å². The first-order chi connectivity index (χ1) is 12.6. The van der Waals surface area contributed by atoms with Gasteiger partial charge < -0.3 is 13.8 Å². The maximum atomic E-state index is 12.3. The summed E-state index contributed by atoms with van der Waals surface area (Å²) in [7, 11) is 0.953. The van der Waals surface area contributed by atoms with Gasteiger partial charge in [-0.1, -0.05) is 26.8 Å². The van der Waals surface area contributed by atoms with Gasteiger partial charge in [-0.3, -0.25) is 9.36 Å². The molecule has 6 heteroatoms. The van der Waals surface area contributed by atoms with Crippen molar-refractivity contribution in [2.75, 3.05) is 27.5 Å². The first-order valence-electron chi connectivity index (χ1n) is 9.30. The number of carbonyl (C=O) groups is 1. The van der Waals surface area contributed by atoms with E-state index in [0.29, 0.717) is 0 Å². The SMILES string of the molecule is COc1c(C(C)(C)C)cc(C=CC(=O)CP(=O)(OC)OC)c2c1CCCC2. The lowest BCUT2D eigenvalue weighted by atomic mass is 9.78. The third kappa shape index (κ3) is 5.10. The fourth-order valence-electron chi connectivity index (χ4n) is 3.51. The van der Waals surface area contributed by atoms with E-state index in [1.54, 1.807) is 7.11 Å². The monoisotopic (exact) mass is 394 g/mol. The number of rotatable bonds is 7. The van der Waals surface area contributed by atoms with Crippen molar-refractivity contribution in [3.05, 3.63) is 34.4 Å². The van der Waals surface area contributed by atoms with Crippen molar-refractivity contribution in [3.8, 4) is 5.75 Å². The van der Waals surface area contributed by atoms with E-state index in [0.717, 1.165) is 42.6 Å². The third-order valence-electron chi connectivity index (χ3n) is 5.00. The second-order valence-corrected chi connectivity index (χ2v) is 10.2. The molecule has 0 spiro atoms. The van der Waals surface area contributed by atoms with Crippen molar-refractivity contribution in [2.45, 2.75) is 51.9 Å². The van der Waals surface area contributed by atoms with Gasteiger partial charge in [0.2, 0.25) is 0 Å². The summed E-state index contributed by atoms with van der Waals surface area (Å²) in [5.74, 6) is 0.698. The predicted octanol–water partition coefficient (Wildman–Crippen LogP) is 4.94. The minimum absolute atomic E-state index is 0.0772. The summed E-state index contributed by atoms with van der Waals surface area (Å²) in [5, 5.41) is 0. The molecule has 0 aromatic heterocycles. The zero-order chi connectivity index (χ0) is 20.2. The Labute approximate surface area is 162 Å². The van der Waals surface area contributed by atoms with Crippen LogP contribution in [0.15, 0.2) is 12.1 Å². The third-order valence-corrected chi connectivity index (χ3v) is 6.81. The summed E-state index contributed by atoms with van der Waals surface area (Å²) in [5.41, 5.74) is 4.59. The number of ketones is 1. The smallest absolute Gasteiger partial charge is 0.337 e. The molecule has 0 bridgehead atoms. The van der Waals surface area contributed by atoms with Crippen molar-refractivity contribution in [1.29, 1.82) is 0 Å². The molecule has 0 aliphatic heterocycles. The van der Waals surface area contributed by atoms with Gasteiger partial charge in [-0.15, -0.1) is 0 Å². The van der Waals surface area contributed by atoms with Gasteiger partial charge in [0.05, 0.1) is 7.11 Å². The summed E-state index contributed by atoms with van der Waals surface area (Å²) in [6.07, 6.45) is 7.27. The van der Waals surface area contributed by atoms with Crippen molar-refractivity contribution >= 4 is 19.5 Å². The summed E-state index contributed by atoms with van der Waals surface area (Å²) in [4.78, 5) is 12.3. The average Bonchev–Trinajstić information content (AvgIpc) is 2.64. The largest absolute Gasteiger partial charge is 0.496 e. The molecule has 1 aromatic rings. The molecule has 0 saturated heterocycles. The molecular weight excluding hydrogens is 363 g/mol. The molecule has 0 amide bonds. The Morgan fingerprint density at radius 1 is 1.11 bits per heavy atom. The van der Waals surface area contributed by atoms with Gasteiger partial charge in [-0.05, 0) is 59.9 Å². The summed E-state index contributed by atoms with van der Waals surface area (Å²) < 4.78 is 27.7. The summed E-state index contributed by atoms with van der Waals surface area (Å²) in [6, 6.07) is 2.12. The second-order valence-electron chi connectivity index (χ2n) is 7.89. The minimum Gasteiger partial charge on any atom is -0.496 e. The number of methoxy groups -OCH3 is 1. The van der Waals surface area contributed by atoms with Crippen molar-refractivity contribution in [1.82, 2.24) is 0 Å². The van der Waals surface area contributed by atoms with Gasteiger partial charge >= 0.3 is 7.60 Å². The predicted molar refractivity (Wildman–Crippen MR) is 109 cm³/mol. The molecule has 0 heterocycles. The Bertz CT molecular complexity index is 766. The Hall–Kier alpha value is -1.42. The quantitative estimate of drug-likeness (QED) is 0.484. The highest BCUT2D eigenvalue weighted by Gasteiger charge is 2.27. The lowest BCUT2D eigenvalue weighted by Crippen LogP contribution is -2.17. The fourth-order valence-corrected chi connectivity index (χ4v) is 4.41. The minimum atomic E-state index is -3.35. The van der Waals surface area contributed by atoms with Crippen LogP contribution in [0.2, 0.25) is 0 Å². The van der Waals surface area contributed by atoms with Crippen LogP contribution >= 0.6 is 7.60 Å². The van der Waals surface area contributed by atoms with Crippen molar-refractivity contribution in [3.63, 3.8) is 0 Å². The number of hydrogen-bond acceptors (Lipinski definition) is 5. The van der Waals surface area contributed by atoms with Crippen LogP contribution in [0.25, 0.3) is 6.08 Å². The zero-order valence-corrected chi connectivity index (χ0v) is 18.2. The highest BCUT2D eigenvalue weighted by molar-refractivity contribution is 7.54. The molecular formula is C21H31O5P. The summed E-state index contributed by atoms with van der Waals surface area (Å²) in [6.45, 7) is 6.48. The lowest BCUT2D eigenvalue weighted by Gasteiger charge is -2.29. The van der Waals surface area contributed by atoms with E-state index in [-0.39, 0.29) is 17.4 Å². The first kappa shape index (κ1) is 21.9. The number of ether oxygens (including phenoxy) is 1. The van der Waals surface area contributed by atoms with E-state index in [1.165, 1.54) is 31.4 Å². The molecule has 1 aromatic carbocycles. The maximum Gasteiger partial charge on any atom is 0.337 e. The molecule has 0 fully saturated rings. The molecule has 0 saturated carbocycles. The molecule has 1 aliphatic rings. The van der Waals surface area contributed by atoms with E-state index in [1.807, 2.05) is 6.08 Å². The van der Waals surface area contributed by atoms with Crippen LogP contribution in [0.1, 0.15) is 55.9 Å². The van der Waals surface area contributed by atoms with Crippen LogP contribution in [-0.2, 0) is 36.7 Å².